The Balaban J connectivity index is 1.62. The lowest BCUT2D eigenvalue weighted by Gasteiger charge is -2.34. The summed E-state index contributed by atoms with van der Waals surface area (Å²) in [5.74, 6) is -0.156. The first-order valence-corrected chi connectivity index (χ1v) is 14.1. The van der Waals surface area contributed by atoms with Gasteiger partial charge in [0, 0.05) is 19.0 Å². The summed E-state index contributed by atoms with van der Waals surface area (Å²) >= 11 is 0. The maximum atomic E-state index is 13.2. The number of carbonyl (C=O) groups excluding carboxylic acids is 1. The molecule has 0 N–H and O–H groups in total. The zero-order valence-corrected chi connectivity index (χ0v) is 23.9. The lowest BCUT2D eigenvalue weighted by molar-refractivity contribution is -0.274. The van der Waals surface area contributed by atoms with Crippen LogP contribution in [0.1, 0.15) is 74.1 Å². The van der Waals surface area contributed by atoms with Crippen LogP contribution in [0.4, 0.5) is 26.3 Å². The Bertz CT molecular complexity index is 1350. The largest absolute Gasteiger partial charge is 0.573 e. The minimum absolute atomic E-state index is 0.0439. The molecule has 3 nitrogen and oxygen atoms in total. The molecule has 1 aliphatic rings. The van der Waals surface area contributed by atoms with Crippen molar-refractivity contribution in [3.8, 4) is 16.9 Å². The molecular formula is C33H35F6NO2. The summed E-state index contributed by atoms with van der Waals surface area (Å²) in [6.45, 7) is 7.76. The van der Waals surface area contributed by atoms with Gasteiger partial charge in [-0.15, -0.1) is 13.2 Å². The van der Waals surface area contributed by atoms with Crippen molar-refractivity contribution >= 4 is 5.78 Å². The second-order valence-corrected chi connectivity index (χ2v) is 11.5. The van der Waals surface area contributed by atoms with Crippen molar-refractivity contribution in [3.63, 3.8) is 0 Å². The van der Waals surface area contributed by atoms with Crippen LogP contribution in [0.3, 0.4) is 0 Å². The maximum Gasteiger partial charge on any atom is 0.573 e. The molecular weight excluding hydrogens is 556 g/mol. The number of ether oxygens (including phenoxy) is 1. The number of hydrogen-bond donors (Lipinski definition) is 0. The highest BCUT2D eigenvalue weighted by molar-refractivity contribution is 5.84. The van der Waals surface area contributed by atoms with Gasteiger partial charge in [-0.1, -0.05) is 56.3 Å². The van der Waals surface area contributed by atoms with Gasteiger partial charge in [0.25, 0.3) is 0 Å². The van der Waals surface area contributed by atoms with Gasteiger partial charge in [0.1, 0.15) is 11.5 Å². The quantitative estimate of drug-likeness (QED) is 0.232. The fourth-order valence-electron chi connectivity index (χ4n) is 5.67. The van der Waals surface area contributed by atoms with Crippen molar-refractivity contribution < 1.29 is 35.9 Å². The third kappa shape index (κ3) is 8.60. The molecule has 0 bridgehead atoms. The smallest absolute Gasteiger partial charge is 0.406 e. The van der Waals surface area contributed by atoms with Crippen LogP contribution in [0.2, 0.25) is 0 Å². The van der Waals surface area contributed by atoms with Gasteiger partial charge in [-0.05, 0) is 96.6 Å². The summed E-state index contributed by atoms with van der Waals surface area (Å²) in [6.07, 6.45) is -6.70. The van der Waals surface area contributed by atoms with Gasteiger partial charge >= 0.3 is 12.5 Å². The molecule has 2 unspecified atom stereocenters. The fourth-order valence-corrected chi connectivity index (χ4v) is 5.67. The van der Waals surface area contributed by atoms with E-state index in [0.717, 1.165) is 53.8 Å². The van der Waals surface area contributed by atoms with E-state index >= 15 is 0 Å². The number of piperidine rings is 1. The Morgan fingerprint density at radius 3 is 2.17 bits per heavy atom. The van der Waals surface area contributed by atoms with Gasteiger partial charge in [0.15, 0.2) is 0 Å². The topological polar surface area (TPSA) is 29.5 Å². The number of halogens is 6. The minimum Gasteiger partial charge on any atom is -0.406 e. The molecule has 0 amide bonds. The number of benzene rings is 3. The van der Waals surface area contributed by atoms with E-state index in [4.69, 9.17) is 0 Å². The van der Waals surface area contributed by atoms with Gasteiger partial charge < -0.3 is 4.74 Å². The molecule has 226 valence electrons. The van der Waals surface area contributed by atoms with Gasteiger partial charge in [-0.3, -0.25) is 9.69 Å². The first-order valence-electron chi connectivity index (χ1n) is 14.1. The van der Waals surface area contributed by atoms with Crippen LogP contribution in [0.5, 0.6) is 5.75 Å². The SMILES string of the molecule is CC(=O)C(CC(C)C)c1cc(-c2ccc(C(F)(F)F)cc2)cc(C2CCCN(Cc3ccc(OC(F)(F)F)cc3)C2)c1. The number of hydrogen-bond acceptors (Lipinski definition) is 3. The summed E-state index contributed by atoms with van der Waals surface area (Å²) < 4.78 is 81.1. The second-order valence-electron chi connectivity index (χ2n) is 11.5. The molecule has 0 aliphatic carbocycles. The standard InChI is InChI=1S/C33H35F6NO2/c1-21(2)15-31(22(3)41)28-17-26(24-8-10-29(11-9-24)32(34,35)36)16-27(18-28)25-5-4-14-40(20-25)19-23-6-12-30(13-7-23)42-33(37,38)39/h6-13,16-18,21,25,31H,4-5,14-15,19-20H2,1-3H3. The summed E-state index contributed by atoms with van der Waals surface area (Å²) in [7, 11) is 0. The molecule has 1 heterocycles. The van der Waals surface area contributed by atoms with Gasteiger partial charge in [0.05, 0.1) is 5.56 Å². The molecule has 0 spiro atoms. The summed E-state index contributed by atoms with van der Waals surface area (Å²) in [5, 5.41) is 0. The van der Waals surface area contributed by atoms with E-state index in [1.807, 2.05) is 12.1 Å². The lowest BCUT2D eigenvalue weighted by Crippen LogP contribution is -2.34. The van der Waals surface area contributed by atoms with E-state index in [9.17, 15) is 31.1 Å². The van der Waals surface area contributed by atoms with Crippen LogP contribution in [0.15, 0.2) is 66.7 Å². The number of alkyl halides is 6. The molecule has 1 aliphatic heterocycles. The average Bonchev–Trinajstić information content (AvgIpc) is 2.91. The fraction of sp³-hybridized carbons (Fsp3) is 0.424. The molecule has 3 aromatic carbocycles. The molecule has 1 fully saturated rings. The maximum absolute atomic E-state index is 13.2. The molecule has 0 radical (unpaired) electrons. The normalized spacial score (nSPS) is 17.3. The van der Waals surface area contributed by atoms with Crippen LogP contribution in [0.25, 0.3) is 11.1 Å². The summed E-state index contributed by atoms with van der Waals surface area (Å²) in [5.41, 5.74) is 3.44. The highest BCUT2D eigenvalue weighted by atomic mass is 19.4. The first kappa shape index (κ1) is 31.6. The Morgan fingerprint density at radius 1 is 0.929 bits per heavy atom. The van der Waals surface area contributed by atoms with Crippen molar-refractivity contribution in [2.75, 3.05) is 13.1 Å². The predicted molar refractivity (Wildman–Crippen MR) is 150 cm³/mol. The third-order valence-corrected chi connectivity index (χ3v) is 7.66. The van der Waals surface area contributed by atoms with E-state index < -0.39 is 18.1 Å². The molecule has 0 aromatic heterocycles. The first-order chi connectivity index (χ1) is 19.7. The van der Waals surface area contributed by atoms with Crippen molar-refractivity contribution in [2.24, 2.45) is 5.92 Å². The van der Waals surface area contributed by atoms with Crippen LogP contribution >= 0.6 is 0 Å². The number of likely N-dealkylation sites (tertiary alicyclic amines) is 1. The Morgan fingerprint density at radius 2 is 1.60 bits per heavy atom. The van der Waals surface area contributed by atoms with Crippen molar-refractivity contribution in [2.45, 2.75) is 71.0 Å². The predicted octanol–water partition coefficient (Wildman–Crippen LogP) is 9.37. The van der Waals surface area contributed by atoms with Crippen LogP contribution < -0.4 is 4.74 Å². The number of Topliss-reactive ketones (excluding diaryl/α,β-unsaturated/α-hetero) is 1. The van der Waals surface area contributed by atoms with E-state index in [2.05, 4.69) is 29.6 Å². The number of ketones is 1. The van der Waals surface area contributed by atoms with Crippen LogP contribution in [0, 0.1) is 5.92 Å². The zero-order chi connectivity index (χ0) is 30.7. The van der Waals surface area contributed by atoms with Gasteiger partial charge in [-0.2, -0.15) is 13.2 Å². The zero-order valence-electron chi connectivity index (χ0n) is 23.9. The third-order valence-electron chi connectivity index (χ3n) is 7.66. The summed E-state index contributed by atoms with van der Waals surface area (Å²) in [6, 6.07) is 16.9. The molecule has 3 aromatic rings. The Hall–Kier alpha value is -3.33. The van der Waals surface area contributed by atoms with E-state index in [0.29, 0.717) is 25.1 Å². The van der Waals surface area contributed by atoms with E-state index in [1.54, 1.807) is 19.1 Å². The van der Waals surface area contributed by atoms with E-state index in [1.165, 1.54) is 24.3 Å². The summed E-state index contributed by atoms with van der Waals surface area (Å²) in [4.78, 5) is 15.0. The second kappa shape index (κ2) is 12.9. The number of nitrogens with zero attached hydrogens (tertiary/aromatic N) is 1. The molecule has 2 atom stereocenters. The number of carbonyl (C=O) groups is 1. The minimum atomic E-state index is -4.74. The van der Waals surface area contributed by atoms with Crippen LogP contribution in [-0.2, 0) is 17.5 Å². The van der Waals surface area contributed by atoms with Crippen LogP contribution in [-0.4, -0.2) is 30.1 Å². The molecule has 42 heavy (non-hydrogen) atoms. The van der Waals surface area contributed by atoms with Crippen molar-refractivity contribution in [1.82, 2.24) is 4.90 Å². The van der Waals surface area contributed by atoms with Crippen molar-refractivity contribution in [1.29, 1.82) is 0 Å². The Kier molecular flexibility index (Phi) is 9.70. The Labute approximate surface area is 242 Å². The van der Waals surface area contributed by atoms with E-state index in [-0.39, 0.29) is 29.3 Å². The molecule has 0 saturated carbocycles. The van der Waals surface area contributed by atoms with Gasteiger partial charge in [0.2, 0.25) is 0 Å². The highest BCUT2D eigenvalue weighted by Gasteiger charge is 2.32. The molecule has 9 heteroatoms. The van der Waals surface area contributed by atoms with Crippen molar-refractivity contribution in [3.05, 3.63) is 89.0 Å². The lowest BCUT2D eigenvalue weighted by atomic mass is 9.82. The number of rotatable bonds is 9. The highest BCUT2D eigenvalue weighted by Crippen LogP contribution is 2.37. The van der Waals surface area contributed by atoms with Gasteiger partial charge in [-0.25, -0.2) is 0 Å². The molecule has 1 saturated heterocycles. The monoisotopic (exact) mass is 591 g/mol. The average molecular weight is 592 g/mol. The molecule has 4 rings (SSSR count).